The van der Waals surface area contributed by atoms with Crippen molar-refractivity contribution in [1.29, 1.82) is 0 Å². The molecule has 0 amide bonds. The van der Waals surface area contributed by atoms with E-state index in [0.29, 0.717) is 15.9 Å². The van der Waals surface area contributed by atoms with Gasteiger partial charge in [0.1, 0.15) is 12.3 Å². The Morgan fingerprint density at radius 2 is 1.81 bits per heavy atom. The number of anilines is 1. The number of carbonyl (C=O) groups is 1. The average molecular weight is 442 g/mol. The van der Waals surface area contributed by atoms with E-state index >= 15 is 0 Å². The van der Waals surface area contributed by atoms with E-state index in [0.717, 1.165) is 15.4 Å². The summed E-state index contributed by atoms with van der Waals surface area (Å²) >= 11 is 3.30. The lowest BCUT2D eigenvalue weighted by Crippen LogP contribution is -2.36. The molecule has 0 aliphatic rings. The van der Waals surface area contributed by atoms with Gasteiger partial charge >= 0.3 is 5.97 Å². The van der Waals surface area contributed by atoms with Gasteiger partial charge in [0.05, 0.1) is 29.3 Å². The zero-order chi connectivity index (χ0) is 19.5. The van der Waals surface area contributed by atoms with Crippen LogP contribution in [0, 0.1) is 13.8 Å². The average Bonchev–Trinajstić information content (AvgIpc) is 2.61. The van der Waals surface area contributed by atoms with Gasteiger partial charge in [0.25, 0.3) is 10.0 Å². The number of halogens is 1. The molecule has 2 aromatic rings. The summed E-state index contributed by atoms with van der Waals surface area (Å²) < 4.78 is 37.9. The van der Waals surface area contributed by atoms with E-state index in [4.69, 9.17) is 4.74 Å². The number of hydrogen-bond acceptors (Lipinski definition) is 5. The molecule has 2 rings (SSSR count). The second-order valence-corrected chi connectivity index (χ2v) is 8.39. The van der Waals surface area contributed by atoms with Crippen LogP contribution in [-0.2, 0) is 19.6 Å². The number of sulfonamides is 1. The SMILES string of the molecule is COC(=O)CN(c1cc(C)ccc1C)S(=O)(=O)c1ccc(OC)c(Br)c1. The van der Waals surface area contributed by atoms with Crippen LogP contribution in [0.15, 0.2) is 45.8 Å². The molecule has 8 heteroatoms. The lowest BCUT2D eigenvalue weighted by molar-refractivity contribution is -0.138. The Morgan fingerprint density at radius 1 is 1.12 bits per heavy atom. The minimum absolute atomic E-state index is 0.0370. The maximum Gasteiger partial charge on any atom is 0.326 e. The van der Waals surface area contributed by atoms with E-state index in [1.165, 1.54) is 26.4 Å². The fourth-order valence-corrected chi connectivity index (χ4v) is 4.59. The Bertz CT molecular complexity index is 927. The molecule has 0 radical (unpaired) electrons. The number of benzene rings is 2. The van der Waals surface area contributed by atoms with Crippen LogP contribution < -0.4 is 9.04 Å². The molecule has 0 saturated heterocycles. The van der Waals surface area contributed by atoms with Crippen LogP contribution in [0.25, 0.3) is 0 Å². The molecule has 0 N–H and O–H groups in total. The highest BCUT2D eigenvalue weighted by Crippen LogP contribution is 2.32. The van der Waals surface area contributed by atoms with Crippen molar-refractivity contribution in [1.82, 2.24) is 0 Å². The molecule has 6 nitrogen and oxygen atoms in total. The molecule has 0 aliphatic heterocycles. The second kappa shape index (κ2) is 8.09. The number of hydrogen-bond donors (Lipinski definition) is 0. The third kappa shape index (κ3) is 4.19. The normalized spacial score (nSPS) is 11.1. The maximum atomic E-state index is 13.3. The van der Waals surface area contributed by atoms with Gasteiger partial charge in [0.15, 0.2) is 0 Å². The highest BCUT2D eigenvalue weighted by molar-refractivity contribution is 9.10. The molecular formula is C18H20BrNO5S. The Morgan fingerprint density at radius 3 is 2.38 bits per heavy atom. The van der Waals surface area contributed by atoms with Gasteiger partial charge in [-0.2, -0.15) is 0 Å². The lowest BCUT2D eigenvalue weighted by atomic mass is 10.1. The van der Waals surface area contributed by atoms with E-state index in [1.54, 1.807) is 19.1 Å². The Kier molecular flexibility index (Phi) is 6.30. The number of nitrogens with zero attached hydrogens (tertiary/aromatic N) is 1. The summed E-state index contributed by atoms with van der Waals surface area (Å²) in [5.74, 6) is -0.141. The molecule has 0 spiro atoms. The number of methoxy groups -OCH3 is 2. The van der Waals surface area contributed by atoms with E-state index in [1.807, 2.05) is 19.1 Å². The monoisotopic (exact) mass is 441 g/mol. The summed E-state index contributed by atoms with van der Waals surface area (Å²) in [7, 11) is -1.28. The van der Waals surface area contributed by atoms with Crippen LogP contribution in [0.4, 0.5) is 5.69 Å². The minimum Gasteiger partial charge on any atom is -0.496 e. The van der Waals surface area contributed by atoms with Gasteiger partial charge in [0, 0.05) is 0 Å². The van der Waals surface area contributed by atoms with Gasteiger partial charge < -0.3 is 9.47 Å². The van der Waals surface area contributed by atoms with E-state index in [9.17, 15) is 13.2 Å². The quantitative estimate of drug-likeness (QED) is 0.641. The predicted octanol–water partition coefficient (Wildman–Crippen LogP) is 3.44. The van der Waals surface area contributed by atoms with Gasteiger partial charge in [-0.1, -0.05) is 12.1 Å². The largest absolute Gasteiger partial charge is 0.496 e. The molecule has 0 bridgehead atoms. The molecular weight excluding hydrogens is 422 g/mol. The zero-order valence-electron chi connectivity index (χ0n) is 14.9. The van der Waals surface area contributed by atoms with Gasteiger partial charge in [-0.15, -0.1) is 0 Å². The fourth-order valence-electron chi connectivity index (χ4n) is 2.40. The Labute approximate surface area is 161 Å². The molecule has 26 heavy (non-hydrogen) atoms. The van der Waals surface area contributed by atoms with Gasteiger partial charge in [-0.25, -0.2) is 8.42 Å². The first-order valence-corrected chi connectivity index (χ1v) is 9.94. The number of aryl methyl sites for hydroxylation is 2. The Hall–Kier alpha value is -2.06. The topological polar surface area (TPSA) is 72.9 Å². The van der Waals surface area contributed by atoms with Crippen molar-refractivity contribution < 1.29 is 22.7 Å². The highest BCUT2D eigenvalue weighted by Gasteiger charge is 2.29. The van der Waals surface area contributed by atoms with Crippen LogP contribution in [0.2, 0.25) is 0 Å². The van der Waals surface area contributed by atoms with E-state index < -0.39 is 22.5 Å². The number of ether oxygens (including phenoxy) is 2. The molecule has 0 fully saturated rings. The van der Waals surface area contributed by atoms with Crippen molar-refractivity contribution in [3.63, 3.8) is 0 Å². The Balaban J connectivity index is 2.61. The first-order valence-electron chi connectivity index (χ1n) is 7.71. The van der Waals surface area contributed by atoms with Crippen molar-refractivity contribution >= 4 is 37.6 Å². The standard InChI is InChI=1S/C18H20BrNO5S/c1-12-5-6-13(2)16(9-12)20(11-18(21)25-4)26(22,23)14-7-8-17(24-3)15(19)10-14/h5-10H,11H2,1-4H3. The highest BCUT2D eigenvalue weighted by atomic mass is 79.9. The third-order valence-electron chi connectivity index (χ3n) is 3.84. The third-order valence-corrected chi connectivity index (χ3v) is 6.22. The molecule has 0 aliphatic carbocycles. The predicted molar refractivity (Wildman–Crippen MR) is 103 cm³/mol. The first kappa shape index (κ1) is 20.3. The van der Waals surface area contributed by atoms with Crippen LogP contribution >= 0.6 is 15.9 Å². The summed E-state index contributed by atoms with van der Waals surface area (Å²) in [6, 6.07) is 9.86. The minimum atomic E-state index is -4.00. The summed E-state index contributed by atoms with van der Waals surface area (Å²) in [5.41, 5.74) is 2.05. The number of esters is 1. The smallest absolute Gasteiger partial charge is 0.326 e. The van der Waals surface area contributed by atoms with Crippen molar-refractivity contribution in [2.24, 2.45) is 0 Å². The van der Waals surface area contributed by atoms with Crippen LogP contribution in [0.5, 0.6) is 5.75 Å². The van der Waals surface area contributed by atoms with Crippen LogP contribution in [-0.4, -0.2) is 35.2 Å². The maximum absolute atomic E-state index is 13.3. The molecule has 140 valence electrons. The van der Waals surface area contributed by atoms with Crippen molar-refractivity contribution in [2.75, 3.05) is 25.1 Å². The number of carbonyl (C=O) groups excluding carboxylic acids is 1. The molecule has 0 heterocycles. The van der Waals surface area contributed by atoms with Crippen molar-refractivity contribution in [2.45, 2.75) is 18.7 Å². The lowest BCUT2D eigenvalue weighted by Gasteiger charge is -2.25. The zero-order valence-corrected chi connectivity index (χ0v) is 17.3. The molecule has 2 aromatic carbocycles. The van der Waals surface area contributed by atoms with Crippen LogP contribution in [0.1, 0.15) is 11.1 Å². The molecule has 0 saturated carbocycles. The van der Waals surface area contributed by atoms with Crippen LogP contribution in [0.3, 0.4) is 0 Å². The molecule has 0 atom stereocenters. The first-order chi connectivity index (χ1) is 12.2. The molecule has 0 aromatic heterocycles. The van der Waals surface area contributed by atoms with E-state index in [2.05, 4.69) is 20.7 Å². The fraction of sp³-hybridized carbons (Fsp3) is 0.278. The second-order valence-electron chi connectivity index (χ2n) is 5.67. The summed E-state index contributed by atoms with van der Waals surface area (Å²) in [6.07, 6.45) is 0. The van der Waals surface area contributed by atoms with Gasteiger partial charge in [-0.3, -0.25) is 9.10 Å². The van der Waals surface area contributed by atoms with Crippen molar-refractivity contribution in [3.8, 4) is 5.75 Å². The summed E-state index contributed by atoms with van der Waals surface area (Å²) in [5, 5.41) is 0. The van der Waals surface area contributed by atoms with Crippen molar-refractivity contribution in [3.05, 3.63) is 52.0 Å². The van der Waals surface area contributed by atoms with Gasteiger partial charge in [-0.05, 0) is 65.2 Å². The summed E-state index contributed by atoms with van der Waals surface area (Å²) in [6.45, 7) is 3.22. The molecule has 0 unspecified atom stereocenters. The number of rotatable bonds is 6. The summed E-state index contributed by atoms with van der Waals surface area (Å²) in [4.78, 5) is 11.9. The van der Waals surface area contributed by atoms with E-state index in [-0.39, 0.29) is 4.90 Å². The van der Waals surface area contributed by atoms with Gasteiger partial charge in [0.2, 0.25) is 0 Å².